The predicted molar refractivity (Wildman–Crippen MR) is 107 cm³/mol. The highest BCUT2D eigenvalue weighted by Crippen LogP contribution is 2.41. The molecule has 174 valence electrons. The number of aromatic nitrogens is 1. The first-order chi connectivity index (χ1) is 16.0. The zero-order valence-corrected chi connectivity index (χ0v) is 17.0. The molecule has 1 atom stereocenters. The number of benzene rings is 2. The van der Waals surface area contributed by atoms with E-state index in [0.29, 0.717) is 0 Å². The molecule has 0 spiro atoms. The number of aliphatic carboxylic acids is 1. The van der Waals surface area contributed by atoms with Gasteiger partial charge in [-0.3, -0.25) is 14.2 Å². The van der Waals surface area contributed by atoms with E-state index in [-0.39, 0.29) is 34.4 Å². The number of rotatable bonds is 4. The Balaban J connectivity index is 1.98. The smallest absolute Gasteiger partial charge is 0.416 e. The molecule has 0 saturated heterocycles. The first-order valence-corrected chi connectivity index (χ1v) is 9.66. The largest absolute Gasteiger partial charge is 0.548 e. The molecular weight excluding hydrogens is 459 g/mol. The molecule has 12 heteroatoms. The number of alkyl halides is 3. The van der Waals surface area contributed by atoms with Crippen molar-refractivity contribution in [2.75, 3.05) is 13.2 Å². The Bertz CT molecular complexity index is 1440. The second-order valence-electron chi connectivity index (χ2n) is 7.35. The van der Waals surface area contributed by atoms with E-state index in [1.54, 1.807) is 0 Å². The molecule has 0 radical (unpaired) electrons. The Labute approximate surface area is 188 Å². The van der Waals surface area contributed by atoms with Crippen LogP contribution in [-0.4, -0.2) is 34.7 Å². The van der Waals surface area contributed by atoms with Crippen molar-refractivity contribution in [3.05, 3.63) is 69.0 Å². The van der Waals surface area contributed by atoms with Crippen molar-refractivity contribution in [1.29, 1.82) is 5.26 Å². The highest BCUT2D eigenvalue weighted by atomic mass is 19.4. The van der Waals surface area contributed by atoms with E-state index in [0.717, 1.165) is 28.8 Å². The number of ether oxygens (including phenoxy) is 1. The van der Waals surface area contributed by atoms with Crippen LogP contribution in [0.3, 0.4) is 0 Å². The van der Waals surface area contributed by atoms with Gasteiger partial charge in [-0.2, -0.15) is 18.4 Å². The summed E-state index contributed by atoms with van der Waals surface area (Å²) in [4.78, 5) is 36.6. The summed E-state index contributed by atoms with van der Waals surface area (Å²) in [5, 5.41) is 32.7. The Morgan fingerprint density at radius 1 is 1.24 bits per heavy atom. The summed E-state index contributed by atoms with van der Waals surface area (Å²) in [6.45, 7) is -1.20. The lowest BCUT2D eigenvalue weighted by molar-refractivity contribution is -0.303. The van der Waals surface area contributed by atoms with E-state index >= 15 is 0 Å². The second kappa shape index (κ2) is 8.11. The van der Waals surface area contributed by atoms with Crippen LogP contribution in [0.5, 0.6) is 11.5 Å². The minimum atomic E-state index is -4.58. The normalized spacial score (nSPS) is 14.8. The molecule has 0 fully saturated rings. The van der Waals surface area contributed by atoms with Crippen LogP contribution < -0.4 is 20.7 Å². The van der Waals surface area contributed by atoms with Crippen molar-refractivity contribution in [2.45, 2.75) is 12.2 Å². The van der Waals surface area contributed by atoms with Gasteiger partial charge in [-0.15, -0.1) is 0 Å². The van der Waals surface area contributed by atoms with E-state index in [1.807, 2.05) is 11.4 Å². The van der Waals surface area contributed by atoms with Crippen molar-refractivity contribution < 1.29 is 37.7 Å². The third-order valence-electron chi connectivity index (χ3n) is 5.36. The van der Waals surface area contributed by atoms with Crippen LogP contribution in [0.15, 0.2) is 41.2 Å². The fraction of sp³-hybridized carbons (Fsp3) is 0.182. The summed E-state index contributed by atoms with van der Waals surface area (Å²) < 4.78 is 45.6. The van der Waals surface area contributed by atoms with E-state index < -0.39 is 53.1 Å². The number of amides is 1. The van der Waals surface area contributed by atoms with Gasteiger partial charge in [0.15, 0.2) is 5.75 Å². The number of nitrogens with one attached hydrogen (secondary N) is 1. The van der Waals surface area contributed by atoms with Crippen molar-refractivity contribution in [3.8, 4) is 17.6 Å². The first-order valence-electron chi connectivity index (χ1n) is 9.66. The maximum atomic E-state index is 13.4. The number of nitriles is 1. The van der Waals surface area contributed by atoms with E-state index in [9.17, 15) is 43.0 Å². The molecule has 1 aliphatic heterocycles. The van der Waals surface area contributed by atoms with Gasteiger partial charge in [-0.05, 0) is 29.8 Å². The molecule has 2 heterocycles. The Morgan fingerprint density at radius 3 is 2.50 bits per heavy atom. The average Bonchev–Trinajstić information content (AvgIpc) is 2.80. The number of aromatic hydroxyl groups is 1. The van der Waals surface area contributed by atoms with Crippen LogP contribution in [0.1, 0.15) is 33.1 Å². The van der Waals surface area contributed by atoms with Crippen LogP contribution in [0.25, 0.3) is 10.9 Å². The SMILES string of the molecule is N#Cc1ccc2c(O)c(C(=O)NCC(=O)[O-])c(=O)n3c2c1OCC3c1ccc(C(F)(F)F)cc1. The average molecular weight is 472 g/mol. The summed E-state index contributed by atoms with van der Waals surface area (Å²) in [6.07, 6.45) is -4.58. The third kappa shape index (κ3) is 3.66. The third-order valence-corrected chi connectivity index (χ3v) is 5.36. The van der Waals surface area contributed by atoms with E-state index in [2.05, 4.69) is 0 Å². The molecule has 1 aromatic heterocycles. The predicted octanol–water partition coefficient (Wildman–Crippen LogP) is 1.06. The topological polar surface area (TPSA) is 144 Å². The molecule has 1 aliphatic rings. The minimum absolute atomic E-state index is 0.0278. The van der Waals surface area contributed by atoms with Crippen molar-refractivity contribution >= 4 is 22.8 Å². The number of nitrogens with zero attached hydrogens (tertiary/aromatic N) is 2. The van der Waals surface area contributed by atoms with Crippen molar-refractivity contribution in [1.82, 2.24) is 9.88 Å². The molecular formula is C22H13F3N3O6-. The highest BCUT2D eigenvalue weighted by Gasteiger charge is 2.34. The minimum Gasteiger partial charge on any atom is -0.548 e. The highest BCUT2D eigenvalue weighted by molar-refractivity contribution is 6.04. The van der Waals surface area contributed by atoms with E-state index in [4.69, 9.17) is 4.74 Å². The van der Waals surface area contributed by atoms with Crippen LogP contribution in [-0.2, 0) is 11.0 Å². The Kier molecular flexibility index (Phi) is 5.40. The van der Waals surface area contributed by atoms with Gasteiger partial charge in [-0.25, -0.2) is 0 Å². The summed E-state index contributed by atoms with van der Waals surface area (Å²) >= 11 is 0. The lowest BCUT2D eigenvalue weighted by Crippen LogP contribution is -2.42. The lowest BCUT2D eigenvalue weighted by atomic mass is 9.99. The summed E-state index contributed by atoms with van der Waals surface area (Å²) in [5.74, 6) is -3.64. The number of carbonyl (C=O) groups excluding carboxylic acids is 2. The number of halogens is 3. The molecule has 4 rings (SSSR count). The number of pyridine rings is 1. The monoisotopic (exact) mass is 472 g/mol. The lowest BCUT2D eigenvalue weighted by Gasteiger charge is -2.30. The number of hydrogen-bond acceptors (Lipinski definition) is 7. The number of carboxylic acid groups (broad SMARTS) is 1. The van der Waals surface area contributed by atoms with Crippen LogP contribution >= 0.6 is 0 Å². The standard InChI is InChI=1S/C22H14F3N3O6/c23-22(24,25)12-4-1-10(2-5-12)14-9-34-19-11(7-26)3-6-13-17(19)28(14)21(33)16(18(13)31)20(32)27-8-15(29)30/h1-6,14,31H,8-9H2,(H,27,32)(H,29,30)/p-1. The Hall–Kier alpha value is -4.53. The first kappa shape index (κ1) is 22.7. The maximum absolute atomic E-state index is 13.4. The molecule has 0 aliphatic carbocycles. The van der Waals surface area contributed by atoms with Crippen molar-refractivity contribution in [3.63, 3.8) is 0 Å². The fourth-order valence-corrected chi connectivity index (χ4v) is 3.81. The summed E-state index contributed by atoms with van der Waals surface area (Å²) in [7, 11) is 0. The van der Waals surface area contributed by atoms with Gasteiger partial charge >= 0.3 is 6.18 Å². The molecule has 0 bridgehead atoms. The van der Waals surface area contributed by atoms with Gasteiger partial charge in [-0.1, -0.05) is 12.1 Å². The van der Waals surface area contributed by atoms with Gasteiger partial charge in [0.25, 0.3) is 11.5 Å². The summed E-state index contributed by atoms with van der Waals surface area (Å²) in [5.41, 5.74) is -2.51. The molecule has 1 amide bonds. The van der Waals surface area contributed by atoms with Gasteiger partial charge in [0.05, 0.1) is 35.2 Å². The molecule has 3 aromatic rings. The molecule has 34 heavy (non-hydrogen) atoms. The zero-order valence-electron chi connectivity index (χ0n) is 17.0. The maximum Gasteiger partial charge on any atom is 0.416 e. The van der Waals surface area contributed by atoms with Crippen LogP contribution in [0.2, 0.25) is 0 Å². The van der Waals surface area contributed by atoms with E-state index in [1.165, 1.54) is 12.1 Å². The van der Waals surface area contributed by atoms with Crippen LogP contribution in [0.4, 0.5) is 13.2 Å². The van der Waals surface area contributed by atoms with Gasteiger partial charge < -0.3 is 25.1 Å². The molecule has 0 saturated carbocycles. The summed E-state index contributed by atoms with van der Waals surface area (Å²) in [6, 6.07) is 7.39. The van der Waals surface area contributed by atoms with Gasteiger partial charge in [0, 0.05) is 5.39 Å². The quantitative estimate of drug-likeness (QED) is 0.578. The molecule has 1 unspecified atom stereocenters. The molecule has 2 aromatic carbocycles. The fourth-order valence-electron chi connectivity index (χ4n) is 3.81. The number of hydrogen-bond donors (Lipinski definition) is 2. The van der Waals surface area contributed by atoms with Gasteiger partial charge in [0.1, 0.15) is 24.0 Å². The van der Waals surface area contributed by atoms with Gasteiger partial charge in [0.2, 0.25) is 0 Å². The number of carbonyl (C=O) groups is 2. The number of carboxylic acids is 1. The van der Waals surface area contributed by atoms with Crippen LogP contribution in [0, 0.1) is 11.3 Å². The van der Waals surface area contributed by atoms with Crippen molar-refractivity contribution in [2.24, 2.45) is 0 Å². The zero-order chi connectivity index (χ0) is 24.8. The Morgan fingerprint density at radius 2 is 1.91 bits per heavy atom. The molecule has 2 N–H and O–H groups in total. The molecule has 9 nitrogen and oxygen atoms in total. The second-order valence-corrected chi connectivity index (χ2v) is 7.35.